The number of aliphatic hydroxyl groups is 13. The second-order valence-electron chi connectivity index (χ2n) is 26.7. The van der Waals surface area contributed by atoms with Crippen LogP contribution in [0.5, 0.6) is 0 Å². The number of hydrogen-bond donors (Lipinski definition) is 20. The Hall–Kier alpha value is -2.21. The Labute approximate surface area is 770 Å². The Morgan fingerprint density at radius 1 is 0.372 bits per heavy atom. The van der Waals surface area contributed by atoms with Gasteiger partial charge in [0, 0.05) is 34.8 Å². The molecule has 8 rings (SSSR count). The van der Waals surface area contributed by atoms with Crippen molar-refractivity contribution < 1.29 is 371 Å². The predicted molar refractivity (Wildman–Crippen MR) is 339 cm³/mol. The minimum atomic E-state index is -5.91. The van der Waals surface area contributed by atoms with Crippen LogP contribution in [0.15, 0.2) is 11.8 Å². The first-order valence-corrected chi connectivity index (χ1v) is 38.0. The molecular formula is C57H82N4Na4O53S3. The third-order valence-electron chi connectivity index (χ3n) is 18.5. The van der Waals surface area contributed by atoms with Crippen LogP contribution in [0.25, 0.3) is 0 Å². The summed E-state index contributed by atoms with van der Waals surface area (Å²) in [5, 5.41) is 200. The van der Waals surface area contributed by atoms with E-state index in [0.717, 1.165) is 34.8 Å². The molecule has 670 valence electrons. The SMILES string of the molecule is COC1OC(CO)C(OC2OC(C(=O)O)C(OC3OC(COS(=O)(=O)[O-])C(OC4OC(C(=O)O)C(OC5OC(CO)C(OC6OC(C(=O)O)C(OC7OC(COS(=O)(=O)[O-])C(OC8OC(C(=O)[O-])=C[C@H](O)C8OS(=O)(=O)[O-])C(O)C7NC(C)=O)[C@@H](O)C6O)C(O)C5NC(C)=O)[C@@H](O)C4O)C(O)C3NC(C)=O)[C@@H](O)C2O)C(O)C1NC(C)=O.[Na+].[Na+].[Na+].[Na+]. The summed E-state index contributed by atoms with van der Waals surface area (Å²) in [7, 11) is -16.5. The molecule has 0 bridgehead atoms. The Morgan fingerprint density at radius 2 is 0.636 bits per heavy atom. The van der Waals surface area contributed by atoms with Gasteiger partial charge in [0.15, 0.2) is 68.4 Å². The Morgan fingerprint density at radius 3 is 0.893 bits per heavy atom. The molecule has 0 spiro atoms. The van der Waals surface area contributed by atoms with Gasteiger partial charge in [-0.05, 0) is 6.08 Å². The van der Waals surface area contributed by atoms with Gasteiger partial charge in [-0.1, -0.05) is 0 Å². The molecule has 0 radical (unpaired) electrons. The summed E-state index contributed by atoms with van der Waals surface area (Å²) in [6.07, 6.45) is -83.0. The number of aliphatic carboxylic acids is 4. The average Bonchev–Trinajstić information content (AvgIpc) is 0.760. The maximum absolute atomic E-state index is 13.2. The number of carboxylic acid groups (broad SMARTS) is 4. The summed E-state index contributed by atoms with van der Waals surface area (Å²) < 4.78 is 208. The van der Waals surface area contributed by atoms with Crippen LogP contribution in [0.2, 0.25) is 0 Å². The van der Waals surface area contributed by atoms with Crippen LogP contribution in [-0.2, 0) is 158 Å². The zero-order valence-electron chi connectivity index (χ0n) is 64.3. The molecule has 20 N–H and O–H groups in total. The number of carbonyl (C=O) groups excluding carboxylic acids is 5. The summed E-state index contributed by atoms with van der Waals surface area (Å²) in [6.45, 7) is -2.30. The third kappa shape index (κ3) is 28.2. The average molecular weight is 1860 g/mol. The Bertz CT molecular complexity index is 3900. The van der Waals surface area contributed by atoms with E-state index in [1.807, 2.05) is 5.32 Å². The largest absolute Gasteiger partial charge is 1.00 e. The van der Waals surface area contributed by atoms with Crippen LogP contribution in [0.1, 0.15) is 27.7 Å². The molecule has 8 heterocycles. The van der Waals surface area contributed by atoms with Gasteiger partial charge in [0.2, 0.25) is 61.1 Å². The topological polar surface area (TPSA) is 878 Å². The van der Waals surface area contributed by atoms with Crippen molar-refractivity contribution in [2.75, 3.05) is 33.5 Å². The molecule has 7 saturated heterocycles. The van der Waals surface area contributed by atoms with Gasteiger partial charge in [-0.15, -0.1) is 0 Å². The molecule has 57 nitrogen and oxygen atoms in total. The van der Waals surface area contributed by atoms with Crippen molar-refractivity contribution in [2.45, 2.75) is 261 Å². The molecule has 0 aromatic heterocycles. The van der Waals surface area contributed by atoms with E-state index in [-0.39, 0.29) is 124 Å². The molecule has 121 heavy (non-hydrogen) atoms. The van der Waals surface area contributed by atoms with Crippen LogP contribution >= 0.6 is 0 Å². The van der Waals surface area contributed by atoms with E-state index in [2.05, 4.69) is 28.5 Å². The molecule has 0 aliphatic carbocycles. The fourth-order valence-electron chi connectivity index (χ4n) is 13.4. The summed E-state index contributed by atoms with van der Waals surface area (Å²) >= 11 is 0. The predicted octanol–water partition coefficient (Wildman–Crippen LogP) is -30.6. The fraction of sp³-hybridized carbons (Fsp3) is 0.825. The van der Waals surface area contributed by atoms with Crippen LogP contribution in [0.4, 0.5) is 0 Å². The number of carbonyl (C=O) groups is 8. The number of rotatable bonds is 33. The van der Waals surface area contributed by atoms with Crippen LogP contribution < -0.4 is 145 Å². The van der Waals surface area contributed by atoms with E-state index >= 15 is 0 Å². The normalized spacial score (nSPS) is 40.8. The minimum absolute atomic E-state index is 0. The van der Waals surface area contributed by atoms with Gasteiger partial charge in [0.05, 0.1) is 26.4 Å². The quantitative estimate of drug-likeness (QED) is 0.0165. The molecular weight excluding hydrogens is 1780 g/mol. The zero-order chi connectivity index (χ0) is 87.4. The number of amides is 4. The standard InChI is InChI=1S/C57H86N4O53S3.4Na/c1-11(64)58-21-25(69)36(17(7-62)100-50(21)96-5)104-54-32(76)29(73)41(44(111-54)48(83)84)109-52-23(60-13(3)66)27(71)38(19(102-52)9-97-115(87,88)89)106-56-34(78)31(75)40(43(113-56)47(81)82)108-51-22(59-12(2)65)26(70)37(18(8-63)101-51)105-55-33(77)30(74)42(45(112-55)49(85)86)110-53-24(61-14(4)67)28(72)39(20(103-53)10-98-116(90,91)92)107-57-35(114-117(93,94)95)15(68)6-16(99-57)46(79)80;;;;/h6,15,17-45,50-57,62-63,68-78H,7-10H2,1-5H3,(H,58,64)(H,59,65)(H,60,66)(H,61,67)(H,79,80)(H,81,82)(H,83,84)(H,85,86)(H,87,88,89)(H,90,91,92)(H,93,94,95);;;;/q;4*+1/p-4/t15-,17?,18?,19?,20?,21?,22?,23?,24?,25?,26?,27?,28?,29-,30-,31-,32?,33?,34?,35?,36?,37?,38?,39?,40?,41?,42?,43?,44?,45?,50?,51?,52?,53?,54?,55?,56?,57?;;;;/m0..../s1. The molecule has 4 amide bonds. The van der Waals surface area contributed by atoms with Gasteiger partial charge in [0.1, 0.15) is 170 Å². The van der Waals surface area contributed by atoms with Crippen molar-refractivity contribution in [3.8, 4) is 0 Å². The van der Waals surface area contributed by atoms with Crippen molar-refractivity contribution in [1.82, 2.24) is 21.3 Å². The molecule has 0 saturated carbocycles. The van der Waals surface area contributed by atoms with Crippen LogP contribution in [0, 0.1) is 0 Å². The second kappa shape index (κ2) is 47.1. The second-order valence-corrected chi connectivity index (χ2v) is 29.8. The minimum Gasteiger partial charge on any atom is -0.726 e. The number of aliphatic hydroxyl groups excluding tert-OH is 13. The number of carboxylic acids is 4. The summed E-state index contributed by atoms with van der Waals surface area (Å²) in [5.74, 6) is -14.2. The van der Waals surface area contributed by atoms with Crippen molar-refractivity contribution in [1.29, 1.82) is 0 Å². The van der Waals surface area contributed by atoms with E-state index in [0.29, 0.717) is 0 Å². The number of ether oxygens (including phenoxy) is 16. The zero-order valence-corrected chi connectivity index (χ0v) is 74.8. The third-order valence-corrected chi connectivity index (χ3v) is 19.8. The first-order chi connectivity index (χ1) is 54.4. The van der Waals surface area contributed by atoms with Crippen molar-refractivity contribution >= 4 is 78.7 Å². The Kier molecular flexibility index (Phi) is 43.2. The van der Waals surface area contributed by atoms with Crippen molar-refractivity contribution in [3.63, 3.8) is 0 Å². The molecule has 64 heteroatoms. The first kappa shape index (κ1) is 111. The summed E-state index contributed by atoms with van der Waals surface area (Å²) in [4.78, 5) is 101. The number of nitrogens with one attached hydrogen (secondary N) is 4. The van der Waals surface area contributed by atoms with Gasteiger partial charge in [-0.3, -0.25) is 31.7 Å². The van der Waals surface area contributed by atoms with Gasteiger partial charge in [0.25, 0.3) is 0 Å². The van der Waals surface area contributed by atoms with E-state index in [4.69, 9.17) is 75.8 Å². The molecule has 38 atom stereocenters. The monoisotopic (exact) mass is 1860 g/mol. The smallest absolute Gasteiger partial charge is 0.726 e. The van der Waals surface area contributed by atoms with E-state index in [9.17, 15) is 164 Å². The number of methoxy groups -OCH3 is 1. The van der Waals surface area contributed by atoms with E-state index in [1.165, 1.54) is 0 Å². The maximum Gasteiger partial charge on any atom is 1.00 e. The van der Waals surface area contributed by atoms with Crippen molar-refractivity contribution in [2.24, 2.45) is 0 Å². The van der Waals surface area contributed by atoms with E-state index < -0.39 is 344 Å². The van der Waals surface area contributed by atoms with Crippen molar-refractivity contribution in [3.05, 3.63) is 11.8 Å². The molecule has 7 fully saturated rings. The van der Waals surface area contributed by atoms with Gasteiger partial charge < -0.3 is 202 Å². The fourth-order valence-corrected chi connectivity index (χ4v) is 14.5. The molecule has 34 unspecified atom stereocenters. The number of hydrogen-bond acceptors (Lipinski definition) is 50. The van der Waals surface area contributed by atoms with Gasteiger partial charge in [-0.2, -0.15) is 0 Å². The van der Waals surface area contributed by atoms with E-state index in [1.54, 1.807) is 0 Å². The van der Waals surface area contributed by atoms with Gasteiger partial charge in [-0.25, -0.2) is 39.6 Å². The van der Waals surface area contributed by atoms with Gasteiger partial charge >= 0.3 is 136 Å². The summed E-state index contributed by atoms with van der Waals surface area (Å²) in [5.41, 5.74) is 0. The molecule has 8 aliphatic rings. The molecule has 8 aliphatic heterocycles. The van der Waals surface area contributed by atoms with Crippen LogP contribution in [-0.4, -0.2) is 435 Å². The van der Waals surface area contributed by atoms with Crippen LogP contribution in [0.3, 0.4) is 0 Å². The summed E-state index contributed by atoms with van der Waals surface area (Å²) in [6, 6.07) is -8.21. The first-order valence-electron chi connectivity index (χ1n) is 34.0. The maximum atomic E-state index is 13.2. The molecule has 0 aromatic carbocycles. The Balaban J connectivity index is 0.00000769. The molecule has 0 aromatic rings.